The normalized spacial score (nSPS) is 10.4. The standard InChI is InChI=1S/C15H14O4/c1-8-7-10(3-5-12(8)16)15(19)11-4-6-13(17)9(2)14(11)18/h3-7,16-18H,1-2H3. The van der Waals surface area contributed by atoms with Crippen LogP contribution in [0.15, 0.2) is 30.3 Å². The number of aryl methyl sites for hydroxylation is 1. The predicted octanol–water partition coefficient (Wildman–Crippen LogP) is 2.65. The summed E-state index contributed by atoms with van der Waals surface area (Å²) in [5.74, 6) is -0.530. The lowest BCUT2D eigenvalue weighted by atomic mass is 9.98. The van der Waals surface area contributed by atoms with Crippen LogP contribution in [0.4, 0.5) is 0 Å². The number of benzene rings is 2. The van der Waals surface area contributed by atoms with E-state index in [0.717, 1.165) is 0 Å². The molecule has 0 bridgehead atoms. The smallest absolute Gasteiger partial charge is 0.196 e. The zero-order valence-electron chi connectivity index (χ0n) is 10.6. The van der Waals surface area contributed by atoms with Crippen molar-refractivity contribution in [2.75, 3.05) is 0 Å². The molecule has 0 aliphatic rings. The molecule has 2 aromatic carbocycles. The van der Waals surface area contributed by atoms with Crippen molar-refractivity contribution in [3.05, 3.63) is 52.6 Å². The van der Waals surface area contributed by atoms with Crippen LogP contribution in [0.5, 0.6) is 17.2 Å². The SMILES string of the molecule is Cc1cc(C(=O)c2ccc(O)c(C)c2O)ccc1O. The fourth-order valence-corrected chi connectivity index (χ4v) is 1.82. The van der Waals surface area contributed by atoms with E-state index in [0.29, 0.717) is 11.1 Å². The minimum Gasteiger partial charge on any atom is -0.508 e. The molecule has 0 radical (unpaired) electrons. The quantitative estimate of drug-likeness (QED) is 0.724. The Kier molecular flexibility index (Phi) is 3.17. The maximum Gasteiger partial charge on any atom is 0.196 e. The Labute approximate surface area is 110 Å². The van der Waals surface area contributed by atoms with E-state index in [1.807, 2.05) is 0 Å². The molecule has 19 heavy (non-hydrogen) atoms. The van der Waals surface area contributed by atoms with Gasteiger partial charge in [-0.25, -0.2) is 0 Å². The van der Waals surface area contributed by atoms with Gasteiger partial charge in [0.05, 0.1) is 5.56 Å². The van der Waals surface area contributed by atoms with Gasteiger partial charge in [-0.05, 0) is 49.7 Å². The molecular formula is C15H14O4. The van der Waals surface area contributed by atoms with Crippen LogP contribution in [-0.4, -0.2) is 21.1 Å². The van der Waals surface area contributed by atoms with Gasteiger partial charge in [0.25, 0.3) is 0 Å². The van der Waals surface area contributed by atoms with Gasteiger partial charge in [-0.15, -0.1) is 0 Å². The molecule has 0 atom stereocenters. The number of rotatable bonds is 2. The number of hydrogen-bond donors (Lipinski definition) is 3. The Bertz CT molecular complexity index is 659. The van der Waals surface area contributed by atoms with Gasteiger partial charge in [-0.2, -0.15) is 0 Å². The third-order valence-electron chi connectivity index (χ3n) is 3.11. The van der Waals surface area contributed by atoms with Crippen LogP contribution in [0.2, 0.25) is 0 Å². The lowest BCUT2D eigenvalue weighted by Crippen LogP contribution is -2.02. The molecule has 4 heteroatoms. The molecule has 0 unspecified atom stereocenters. The van der Waals surface area contributed by atoms with Gasteiger partial charge in [0.15, 0.2) is 5.78 Å². The van der Waals surface area contributed by atoms with Crippen molar-refractivity contribution >= 4 is 5.78 Å². The fraction of sp³-hybridized carbons (Fsp3) is 0.133. The molecule has 0 aliphatic heterocycles. The molecule has 3 N–H and O–H groups in total. The molecule has 0 fully saturated rings. The average Bonchev–Trinajstić information content (AvgIpc) is 2.39. The van der Waals surface area contributed by atoms with Gasteiger partial charge in [0.2, 0.25) is 0 Å². The minimum absolute atomic E-state index is 0.0593. The average molecular weight is 258 g/mol. The van der Waals surface area contributed by atoms with E-state index in [-0.39, 0.29) is 34.2 Å². The van der Waals surface area contributed by atoms with Gasteiger partial charge in [-0.1, -0.05) is 0 Å². The van der Waals surface area contributed by atoms with Gasteiger partial charge in [0.1, 0.15) is 17.2 Å². The molecule has 2 rings (SSSR count). The highest BCUT2D eigenvalue weighted by Gasteiger charge is 2.17. The second kappa shape index (κ2) is 4.65. The van der Waals surface area contributed by atoms with Crippen molar-refractivity contribution in [2.45, 2.75) is 13.8 Å². The fourth-order valence-electron chi connectivity index (χ4n) is 1.82. The zero-order chi connectivity index (χ0) is 14.2. The van der Waals surface area contributed by atoms with E-state index in [2.05, 4.69) is 0 Å². The highest BCUT2D eigenvalue weighted by atomic mass is 16.3. The van der Waals surface area contributed by atoms with Gasteiger partial charge in [-0.3, -0.25) is 4.79 Å². The van der Waals surface area contributed by atoms with Gasteiger partial charge < -0.3 is 15.3 Å². The first kappa shape index (κ1) is 13.0. The number of ketones is 1. The number of aromatic hydroxyl groups is 3. The van der Waals surface area contributed by atoms with Crippen LogP contribution in [0.3, 0.4) is 0 Å². The highest BCUT2D eigenvalue weighted by molar-refractivity contribution is 6.11. The summed E-state index contributed by atoms with van der Waals surface area (Å²) in [5.41, 5.74) is 1.35. The number of carbonyl (C=O) groups excluding carboxylic acids is 1. The summed E-state index contributed by atoms with van der Waals surface area (Å²) in [6, 6.07) is 7.23. The van der Waals surface area contributed by atoms with Crippen molar-refractivity contribution in [1.29, 1.82) is 0 Å². The summed E-state index contributed by atoms with van der Waals surface area (Å²) >= 11 is 0. The van der Waals surface area contributed by atoms with E-state index in [9.17, 15) is 20.1 Å². The monoisotopic (exact) mass is 258 g/mol. The maximum atomic E-state index is 12.3. The Morgan fingerprint density at radius 3 is 2.21 bits per heavy atom. The summed E-state index contributed by atoms with van der Waals surface area (Å²) in [4.78, 5) is 12.3. The Balaban J connectivity index is 2.50. The van der Waals surface area contributed by atoms with Crippen LogP contribution in [-0.2, 0) is 0 Å². The molecular weight excluding hydrogens is 244 g/mol. The first-order chi connectivity index (χ1) is 8.91. The zero-order valence-corrected chi connectivity index (χ0v) is 10.6. The van der Waals surface area contributed by atoms with Crippen molar-refractivity contribution in [2.24, 2.45) is 0 Å². The Morgan fingerprint density at radius 1 is 0.947 bits per heavy atom. The van der Waals surface area contributed by atoms with Crippen molar-refractivity contribution in [3.8, 4) is 17.2 Å². The summed E-state index contributed by atoms with van der Waals surface area (Å²) in [6.45, 7) is 3.22. The topological polar surface area (TPSA) is 77.8 Å². The minimum atomic E-state index is -0.358. The second-order valence-corrected chi connectivity index (χ2v) is 4.44. The van der Waals surface area contributed by atoms with E-state index in [1.165, 1.54) is 31.2 Å². The highest BCUT2D eigenvalue weighted by Crippen LogP contribution is 2.31. The van der Waals surface area contributed by atoms with E-state index < -0.39 is 0 Å². The molecule has 0 aromatic heterocycles. The summed E-state index contributed by atoms with van der Waals surface area (Å²) in [5, 5.41) is 28.8. The van der Waals surface area contributed by atoms with E-state index in [4.69, 9.17) is 0 Å². The first-order valence-electron chi connectivity index (χ1n) is 5.77. The van der Waals surface area contributed by atoms with Crippen molar-refractivity contribution in [3.63, 3.8) is 0 Å². The predicted molar refractivity (Wildman–Crippen MR) is 70.8 cm³/mol. The molecule has 0 saturated heterocycles. The molecule has 0 saturated carbocycles. The number of phenolic OH excluding ortho intramolecular Hbond substituents is 3. The van der Waals surface area contributed by atoms with Gasteiger partial charge in [0, 0.05) is 11.1 Å². The number of hydrogen-bond acceptors (Lipinski definition) is 4. The van der Waals surface area contributed by atoms with Crippen LogP contribution < -0.4 is 0 Å². The van der Waals surface area contributed by atoms with Crippen LogP contribution >= 0.6 is 0 Å². The largest absolute Gasteiger partial charge is 0.508 e. The van der Waals surface area contributed by atoms with Crippen molar-refractivity contribution in [1.82, 2.24) is 0 Å². The number of phenols is 3. The van der Waals surface area contributed by atoms with Crippen LogP contribution in [0, 0.1) is 13.8 Å². The third kappa shape index (κ3) is 2.25. The van der Waals surface area contributed by atoms with E-state index in [1.54, 1.807) is 13.0 Å². The number of carbonyl (C=O) groups is 1. The third-order valence-corrected chi connectivity index (χ3v) is 3.11. The summed E-state index contributed by atoms with van der Waals surface area (Å²) in [6.07, 6.45) is 0. The molecule has 0 amide bonds. The van der Waals surface area contributed by atoms with Gasteiger partial charge >= 0.3 is 0 Å². The van der Waals surface area contributed by atoms with Crippen LogP contribution in [0.1, 0.15) is 27.0 Å². The summed E-state index contributed by atoms with van der Waals surface area (Å²) < 4.78 is 0. The maximum absolute atomic E-state index is 12.3. The lowest BCUT2D eigenvalue weighted by Gasteiger charge is -2.09. The second-order valence-electron chi connectivity index (χ2n) is 4.44. The van der Waals surface area contributed by atoms with Crippen molar-refractivity contribution < 1.29 is 20.1 Å². The molecule has 0 aliphatic carbocycles. The summed E-state index contributed by atoms with van der Waals surface area (Å²) in [7, 11) is 0. The van der Waals surface area contributed by atoms with Crippen LogP contribution in [0.25, 0.3) is 0 Å². The first-order valence-corrected chi connectivity index (χ1v) is 5.77. The Hall–Kier alpha value is -2.49. The lowest BCUT2D eigenvalue weighted by molar-refractivity contribution is 0.103. The molecule has 0 heterocycles. The van der Waals surface area contributed by atoms with E-state index >= 15 is 0 Å². The molecule has 0 spiro atoms. The molecule has 4 nitrogen and oxygen atoms in total. The Morgan fingerprint density at radius 2 is 1.58 bits per heavy atom. The molecule has 2 aromatic rings. The molecule has 98 valence electrons.